The van der Waals surface area contributed by atoms with E-state index in [4.69, 9.17) is 57.9 Å². The van der Waals surface area contributed by atoms with Crippen molar-refractivity contribution in [2.45, 2.75) is 58.0 Å². The molecule has 1 saturated carbocycles. The number of fused-ring (bicyclic) bond motifs is 1. The minimum atomic E-state index is -0.501. The fourth-order valence-electron chi connectivity index (χ4n) is 7.56. The van der Waals surface area contributed by atoms with Gasteiger partial charge in [-0.25, -0.2) is 24.8 Å². The van der Waals surface area contributed by atoms with Gasteiger partial charge in [0.15, 0.2) is 0 Å². The molecule has 82 heavy (non-hydrogen) atoms. The normalized spacial score (nSPS) is 14.0. The minimum absolute atomic E-state index is 0.132. The summed E-state index contributed by atoms with van der Waals surface area (Å²) in [6, 6.07) is 5.60. The SMILES string of the molecule is CCCN(OCCNC(=O)NC1CCC1)C(=O)C1=Cc2ccc(-c3cnc(CNC(=O)CCOCCOCCOCCOCCOCCOCCOCCOCCOCCOCCNC(=O)CN4C(=O)C=CC4=O)nc3)cc2N=C(N)C1. The Morgan fingerprint density at radius 2 is 1.15 bits per heavy atom. The first-order chi connectivity index (χ1) is 40.1. The Balaban J connectivity index is 0.754. The summed E-state index contributed by atoms with van der Waals surface area (Å²) in [6.45, 7) is 10.7. The maximum atomic E-state index is 13.6. The lowest BCUT2D eigenvalue weighted by Crippen LogP contribution is -2.46. The molecule has 0 bridgehead atoms. The highest BCUT2D eigenvalue weighted by atomic mass is 16.7. The average Bonchev–Trinajstić information content (AvgIpc) is 3.72. The van der Waals surface area contributed by atoms with E-state index < -0.39 is 17.7 Å². The number of hydrogen-bond donors (Lipinski definition) is 5. The quantitative estimate of drug-likeness (QED) is 0.0353. The molecule has 1 aromatic heterocycles. The van der Waals surface area contributed by atoms with E-state index in [1.165, 1.54) is 5.06 Å². The molecule has 1 fully saturated rings. The summed E-state index contributed by atoms with van der Waals surface area (Å²) < 4.78 is 54.9. The summed E-state index contributed by atoms with van der Waals surface area (Å²) in [7, 11) is 0. The van der Waals surface area contributed by atoms with Crippen LogP contribution < -0.4 is 27.0 Å². The summed E-state index contributed by atoms with van der Waals surface area (Å²) in [4.78, 5) is 93.1. The van der Waals surface area contributed by atoms with Gasteiger partial charge in [-0.15, -0.1) is 0 Å². The molecule has 2 aliphatic heterocycles. The molecule has 1 aliphatic carbocycles. The van der Waals surface area contributed by atoms with Crippen molar-refractivity contribution in [1.82, 2.24) is 41.2 Å². The van der Waals surface area contributed by atoms with Crippen LogP contribution in [0.15, 0.2) is 53.3 Å². The highest BCUT2D eigenvalue weighted by Crippen LogP contribution is 2.32. The second kappa shape index (κ2) is 40.8. The second-order valence-electron chi connectivity index (χ2n) is 18.5. The molecule has 2 aromatic rings. The smallest absolute Gasteiger partial charge is 0.315 e. The van der Waals surface area contributed by atoms with E-state index in [1.54, 1.807) is 18.5 Å². The lowest BCUT2D eigenvalue weighted by Gasteiger charge is -2.26. The number of carbonyl (C=O) groups excluding carboxylic acids is 6. The molecule has 0 radical (unpaired) electrons. The minimum Gasteiger partial charge on any atom is -0.387 e. The lowest BCUT2D eigenvalue weighted by molar-refractivity contribution is -0.181. The van der Waals surface area contributed by atoms with Gasteiger partial charge in [0.2, 0.25) is 11.8 Å². The van der Waals surface area contributed by atoms with Gasteiger partial charge < -0.3 is 74.4 Å². The van der Waals surface area contributed by atoms with E-state index >= 15 is 0 Å². The topological polar surface area (TPSA) is 323 Å². The molecule has 7 amide bonds. The van der Waals surface area contributed by atoms with Gasteiger partial charge in [0.1, 0.15) is 18.2 Å². The number of imide groups is 1. The molecule has 0 spiro atoms. The number of amidine groups is 1. The predicted octanol–water partition coefficient (Wildman–Crippen LogP) is 1.15. The van der Waals surface area contributed by atoms with Gasteiger partial charge in [0.25, 0.3) is 17.7 Å². The van der Waals surface area contributed by atoms with Crippen molar-refractivity contribution in [2.24, 2.45) is 10.7 Å². The zero-order valence-corrected chi connectivity index (χ0v) is 47.1. The number of nitrogens with one attached hydrogen (secondary N) is 4. The highest BCUT2D eigenvalue weighted by Gasteiger charge is 2.26. The molecule has 454 valence electrons. The molecule has 3 aliphatic rings. The third-order valence-corrected chi connectivity index (χ3v) is 12.1. The van der Waals surface area contributed by atoms with E-state index in [2.05, 4.69) is 36.2 Å². The van der Waals surface area contributed by atoms with Gasteiger partial charge in [-0.05, 0) is 43.4 Å². The number of hydrogen-bond acceptors (Lipinski definition) is 21. The zero-order chi connectivity index (χ0) is 58.2. The van der Waals surface area contributed by atoms with Crippen LogP contribution in [0.3, 0.4) is 0 Å². The van der Waals surface area contributed by atoms with Crippen molar-refractivity contribution in [3.63, 3.8) is 0 Å². The maximum Gasteiger partial charge on any atom is 0.315 e. The third kappa shape index (κ3) is 27.6. The Kier molecular flexibility index (Phi) is 33.0. The number of amides is 7. The summed E-state index contributed by atoms with van der Waals surface area (Å²) in [5.41, 5.74) is 9.59. The Hall–Kier alpha value is -6.37. The fraction of sp³-hybridized carbons (Fsp3) is 0.618. The first-order valence-corrected chi connectivity index (χ1v) is 27.9. The number of nitrogens with two attached hydrogens (primary N) is 1. The number of hydroxylamine groups is 2. The largest absolute Gasteiger partial charge is 0.387 e. The van der Waals surface area contributed by atoms with Gasteiger partial charge in [-0.2, -0.15) is 0 Å². The number of benzene rings is 1. The van der Waals surface area contributed by atoms with E-state index in [0.29, 0.717) is 149 Å². The average molecular weight is 1160 g/mol. The molecular formula is C55H82N10O17. The van der Waals surface area contributed by atoms with Crippen LogP contribution in [0.5, 0.6) is 0 Å². The number of urea groups is 1. The Morgan fingerprint density at radius 3 is 1.66 bits per heavy atom. The monoisotopic (exact) mass is 1150 g/mol. The van der Waals surface area contributed by atoms with Crippen molar-refractivity contribution >= 4 is 53.2 Å². The number of nitrogens with zero attached hydrogens (tertiary/aromatic N) is 5. The zero-order valence-electron chi connectivity index (χ0n) is 47.1. The Morgan fingerprint density at radius 1 is 0.634 bits per heavy atom. The van der Waals surface area contributed by atoms with Crippen LogP contribution in [0, 0.1) is 0 Å². The first kappa shape index (κ1) is 66.4. The van der Waals surface area contributed by atoms with Gasteiger partial charge in [0.05, 0.1) is 151 Å². The molecule has 1 aromatic carbocycles. The molecular weight excluding hydrogens is 1070 g/mol. The van der Waals surface area contributed by atoms with E-state index in [0.717, 1.165) is 53.0 Å². The molecule has 27 heteroatoms. The van der Waals surface area contributed by atoms with Crippen molar-refractivity contribution < 1.29 is 81.0 Å². The summed E-state index contributed by atoms with van der Waals surface area (Å²) in [5, 5.41) is 12.4. The lowest BCUT2D eigenvalue weighted by atomic mass is 9.93. The number of aliphatic imine (C=N–C) groups is 1. The molecule has 3 heterocycles. The molecule has 0 atom stereocenters. The predicted molar refractivity (Wildman–Crippen MR) is 297 cm³/mol. The standard InChI is InChI=1S/C55H82N10O17/c1-2-13-65(82-16-12-58-55(71)62-46-4-3-5-46)54(70)44-35-43-7-6-42(36-47(43)63-48(56)37-44)45-38-59-49(60-39-45)40-61-50(66)10-14-72-17-19-74-21-23-76-25-27-78-29-31-80-33-34-81-32-30-79-28-26-77-24-22-75-20-18-73-15-11-57-51(67)41-64-52(68)8-9-53(64)69/h6-9,35-36,38-39,46H,2-5,10-34,37,40-41H2,1H3,(H2,56,63)(H,57,67)(H,61,66)(H2,58,62,71). The van der Waals surface area contributed by atoms with Crippen LogP contribution in [0.4, 0.5) is 10.5 Å². The van der Waals surface area contributed by atoms with Crippen LogP contribution in [0.1, 0.15) is 56.8 Å². The number of carbonyl (C=O) groups is 6. The summed E-state index contributed by atoms with van der Waals surface area (Å²) >= 11 is 0. The number of rotatable bonds is 46. The second-order valence-corrected chi connectivity index (χ2v) is 18.5. The van der Waals surface area contributed by atoms with Crippen molar-refractivity contribution in [2.75, 3.05) is 165 Å². The van der Waals surface area contributed by atoms with Crippen LogP contribution in [-0.2, 0) is 82.7 Å². The number of ether oxygens (including phenoxy) is 10. The number of aromatic nitrogens is 2. The highest BCUT2D eigenvalue weighted by molar-refractivity contribution is 6.14. The first-order valence-electron chi connectivity index (χ1n) is 27.9. The van der Waals surface area contributed by atoms with Crippen molar-refractivity contribution in [1.29, 1.82) is 0 Å². The van der Waals surface area contributed by atoms with Crippen LogP contribution >= 0.6 is 0 Å². The Labute approximate surface area is 478 Å². The van der Waals surface area contributed by atoms with Gasteiger partial charge >= 0.3 is 6.03 Å². The molecule has 6 N–H and O–H groups in total. The van der Waals surface area contributed by atoms with Crippen LogP contribution in [0.2, 0.25) is 0 Å². The molecule has 5 rings (SSSR count). The summed E-state index contributed by atoms with van der Waals surface area (Å²) in [6.07, 6.45) is 11.5. The third-order valence-electron chi connectivity index (χ3n) is 12.1. The van der Waals surface area contributed by atoms with Crippen molar-refractivity contribution in [3.05, 3.63) is 59.7 Å². The van der Waals surface area contributed by atoms with Gasteiger partial charge in [-0.1, -0.05) is 19.1 Å². The van der Waals surface area contributed by atoms with Crippen LogP contribution in [0.25, 0.3) is 17.2 Å². The van der Waals surface area contributed by atoms with Crippen LogP contribution in [-0.4, -0.2) is 232 Å². The molecule has 0 saturated heterocycles. The maximum absolute atomic E-state index is 13.6. The fourth-order valence-corrected chi connectivity index (χ4v) is 7.56. The summed E-state index contributed by atoms with van der Waals surface area (Å²) in [5.74, 6) is -1.23. The Bertz CT molecular complexity index is 2320. The van der Waals surface area contributed by atoms with Gasteiger partial charge in [-0.3, -0.25) is 33.7 Å². The van der Waals surface area contributed by atoms with E-state index in [9.17, 15) is 28.8 Å². The van der Waals surface area contributed by atoms with E-state index in [1.807, 2.05) is 25.1 Å². The van der Waals surface area contributed by atoms with Crippen molar-refractivity contribution in [3.8, 4) is 11.1 Å². The van der Waals surface area contributed by atoms with Gasteiger partial charge in [0, 0.05) is 79.8 Å². The van der Waals surface area contributed by atoms with E-state index in [-0.39, 0.29) is 88.6 Å². The molecule has 27 nitrogen and oxygen atoms in total. The molecule has 0 unspecified atom stereocenters.